The van der Waals surface area contributed by atoms with Crippen molar-refractivity contribution >= 4 is 21.8 Å². The molecule has 8 heteroatoms. The average Bonchev–Trinajstić information content (AvgIpc) is 3.26. The molecule has 2 aromatic rings. The summed E-state index contributed by atoms with van der Waals surface area (Å²) in [5, 5.41) is 6.72. The number of amides is 1. The number of nitrogens with zero attached hydrogens (tertiary/aromatic N) is 2. The van der Waals surface area contributed by atoms with Crippen LogP contribution in [0.5, 0.6) is 0 Å². The van der Waals surface area contributed by atoms with E-state index in [-0.39, 0.29) is 10.8 Å². The van der Waals surface area contributed by atoms with E-state index in [0.717, 1.165) is 36.9 Å². The highest BCUT2D eigenvalue weighted by Gasteiger charge is 2.31. The van der Waals surface area contributed by atoms with Crippen molar-refractivity contribution in [3.8, 4) is 0 Å². The lowest BCUT2D eigenvalue weighted by molar-refractivity contribution is 0.102. The summed E-state index contributed by atoms with van der Waals surface area (Å²) in [6.45, 7) is 5.22. The second-order valence-electron chi connectivity index (χ2n) is 8.04. The highest BCUT2D eigenvalue weighted by atomic mass is 32.2. The van der Waals surface area contributed by atoms with Crippen molar-refractivity contribution in [2.75, 3.05) is 18.4 Å². The van der Waals surface area contributed by atoms with Crippen LogP contribution in [0.3, 0.4) is 0 Å². The van der Waals surface area contributed by atoms with E-state index in [1.807, 2.05) is 0 Å². The minimum atomic E-state index is -3.56. The predicted octanol–water partition coefficient (Wildman–Crippen LogP) is 3.08. The van der Waals surface area contributed by atoms with E-state index in [1.165, 1.54) is 24.3 Å². The molecule has 0 bridgehead atoms. The van der Waals surface area contributed by atoms with E-state index in [0.29, 0.717) is 36.4 Å². The zero-order valence-electron chi connectivity index (χ0n) is 16.1. The smallest absolute Gasteiger partial charge is 0.258 e. The number of nitrogens with one attached hydrogen (secondary N) is 1. The molecular weight excluding hydrogens is 378 g/mol. The van der Waals surface area contributed by atoms with E-state index >= 15 is 0 Å². The molecule has 1 saturated heterocycles. The topological polar surface area (TPSA) is 92.5 Å². The van der Waals surface area contributed by atoms with Gasteiger partial charge < -0.3 is 4.52 Å². The summed E-state index contributed by atoms with van der Waals surface area (Å²) in [5.41, 5.74) is 2.24. The molecule has 7 nitrogen and oxygen atoms in total. The van der Waals surface area contributed by atoms with Gasteiger partial charge in [-0.05, 0) is 61.8 Å². The zero-order valence-corrected chi connectivity index (χ0v) is 17.0. The third-order valence-corrected chi connectivity index (χ3v) is 7.37. The highest BCUT2D eigenvalue weighted by molar-refractivity contribution is 7.89. The summed E-state index contributed by atoms with van der Waals surface area (Å²) in [4.78, 5) is 12.7. The number of anilines is 1. The van der Waals surface area contributed by atoms with Gasteiger partial charge in [-0.15, -0.1) is 0 Å². The van der Waals surface area contributed by atoms with Crippen LogP contribution in [0.1, 0.15) is 48.3 Å². The number of carbonyl (C=O) groups is 1. The molecule has 1 aromatic carbocycles. The standard InChI is InChI=1S/C20H25N3O4S/c1-13-10-14(2)12-23(11-13)28(25,26)16-8-6-15(7-9-16)19(24)21-20-17-4-3-5-18(17)22-27-20/h6-9,13-14H,3-5,10-12H2,1-2H3,(H,21,24). The molecule has 1 fully saturated rings. The number of aromatic nitrogens is 1. The Morgan fingerprint density at radius 2 is 1.82 bits per heavy atom. The van der Waals surface area contributed by atoms with Crippen LogP contribution in [0.15, 0.2) is 33.7 Å². The maximum Gasteiger partial charge on any atom is 0.258 e. The molecule has 1 aliphatic carbocycles. The summed E-state index contributed by atoms with van der Waals surface area (Å²) in [6, 6.07) is 6.07. The summed E-state index contributed by atoms with van der Waals surface area (Å²) in [6.07, 6.45) is 3.76. The molecule has 1 N–H and O–H groups in total. The molecule has 150 valence electrons. The molecule has 2 atom stereocenters. The normalized spacial score (nSPS) is 22.8. The molecule has 0 saturated carbocycles. The van der Waals surface area contributed by atoms with Crippen molar-refractivity contribution in [1.82, 2.24) is 9.46 Å². The van der Waals surface area contributed by atoms with Crippen LogP contribution >= 0.6 is 0 Å². The first-order valence-corrected chi connectivity index (χ1v) is 11.2. The van der Waals surface area contributed by atoms with Gasteiger partial charge in [0.15, 0.2) is 0 Å². The number of sulfonamides is 1. The third-order valence-electron chi connectivity index (χ3n) is 5.53. The Bertz CT molecular complexity index is 971. The molecule has 0 spiro atoms. The van der Waals surface area contributed by atoms with Crippen molar-refractivity contribution in [3.05, 3.63) is 41.1 Å². The fourth-order valence-electron chi connectivity index (χ4n) is 4.23. The molecule has 0 radical (unpaired) electrons. The quantitative estimate of drug-likeness (QED) is 0.847. The minimum Gasteiger partial charge on any atom is -0.338 e. The van der Waals surface area contributed by atoms with Crippen LogP contribution in [-0.2, 0) is 22.9 Å². The van der Waals surface area contributed by atoms with Gasteiger partial charge in [0.05, 0.1) is 10.6 Å². The van der Waals surface area contributed by atoms with Crippen LogP contribution in [0.4, 0.5) is 5.88 Å². The Labute approximate surface area is 165 Å². The van der Waals surface area contributed by atoms with E-state index in [1.54, 1.807) is 4.31 Å². The number of carbonyl (C=O) groups excluding carboxylic acids is 1. The van der Waals surface area contributed by atoms with Gasteiger partial charge in [0.1, 0.15) is 0 Å². The SMILES string of the molecule is CC1CC(C)CN(S(=O)(=O)c2ccc(C(=O)Nc3onc4c3CCC4)cc2)C1. The highest BCUT2D eigenvalue weighted by Crippen LogP contribution is 2.29. The van der Waals surface area contributed by atoms with Gasteiger partial charge in [0, 0.05) is 24.2 Å². The fraction of sp³-hybridized carbons (Fsp3) is 0.500. The van der Waals surface area contributed by atoms with Gasteiger partial charge in [-0.25, -0.2) is 8.42 Å². The lowest BCUT2D eigenvalue weighted by Crippen LogP contribution is -2.42. The number of fused-ring (bicyclic) bond motifs is 1. The Balaban J connectivity index is 1.49. The van der Waals surface area contributed by atoms with Crippen LogP contribution in [-0.4, -0.2) is 36.9 Å². The van der Waals surface area contributed by atoms with Crippen molar-refractivity contribution in [3.63, 3.8) is 0 Å². The van der Waals surface area contributed by atoms with Gasteiger partial charge in [-0.1, -0.05) is 19.0 Å². The zero-order chi connectivity index (χ0) is 19.9. The summed E-state index contributed by atoms with van der Waals surface area (Å²) >= 11 is 0. The van der Waals surface area contributed by atoms with E-state index in [4.69, 9.17) is 4.52 Å². The van der Waals surface area contributed by atoms with Gasteiger partial charge in [-0.2, -0.15) is 4.31 Å². The fourth-order valence-corrected chi connectivity index (χ4v) is 5.91. The van der Waals surface area contributed by atoms with Crippen LogP contribution in [0.25, 0.3) is 0 Å². The molecule has 1 amide bonds. The molecule has 2 unspecified atom stereocenters. The maximum atomic E-state index is 12.9. The van der Waals surface area contributed by atoms with Crippen LogP contribution in [0, 0.1) is 11.8 Å². The lowest BCUT2D eigenvalue weighted by Gasteiger charge is -2.34. The van der Waals surface area contributed by atoms with Crippen molar-refractivity contribution in [2.45, 2.75) is 44.4 Å². The third kappa shape index (κ3) is 3.58. The summed E-state index contributed by atoms with van der Waals surface area (Å²) in [5.74, 6) is 0.736. The van der Waals surface area contributed by atoms with Gasteiger partial charge in [0.25, 0.3) is 5.91 Å². The van der Waals surface area contributed by atoms with Gasteiger partial charge in [0.2, 0.25) is 15.9 Å². The number of hydrogen-bond donors (Lipinski definition) is 1. The number of rotatable bonds is 4. The summed E-state index contributed by atoms with van der Waals surface area (Å²) in [7, 11) is -3.56. The Morgan fingerprint density at radius 1 is 1.14 bits per heavy atom. The number of aryl methyl sites for hydroxylation is 1. The van der Waals surface area contributed by atoms with E-state index in [2.05, 4.69) is 24.3 Å². The lowest BCUT2D eigenvalue weighted by atomic mass is 9.94. The van der Waals surface area contributed by atoms with Gasteiger partial charge >= 0.3 is 0 Å². The Hall–Kier alpha value is -2.19. The Morgan fingerprint density at radius 3 is 2.50 bits per heavy atom. The number of hydrogen-bond acceptors (Lipinski definition) is 5. The number of piperidine rings is 1. The molecule has 4 rings (SSSR count). The second-order valence-corrected chi connectivity index (χ2v) is 9.98. The van der Waals surface area contributed by atoms with E-state index < -0.39 is 10.0 Å². The minimum absolute atomic E-state index is 0.214. The average molecular weight is 404 g/mol. The van der Waals surface area contributed by atoms with E-state index in [9.17, 15) is 13.2 Å². The first-order chi connectivity index (χ1) is 13.3. The molecule has 1 aliphatic heterocycles. The maximum absolute atomic E-state index is 12.9. The number of benzene rings is 1. The van der Waals surface area contributed by atoms with Crippen LogP contribution < -0.4 is 5.32 Å². The van der Waals surface area contributed by atoms with Gasteiger partial charge in [-0.3, -0.25) is 10.1 Å². The second kappa shape index (κ2) is 7.33. The molecular formula is C20H25N3O4S. The van der Waals surface area contributed by atoms with Crippen molar-refractivity contribution < 1.29 is 17.7 Å². The monoisotopic (exact) mass is 403 g/mol. The largest absolute Gasteiger partial charge is 0.338 e. The summed E-state index contributed by atoms with van der Waals surface area (Å²) < 4.78 is 32.7. The van der Waals surface area contributed by atoms with Crippen molar-refractivity contribution in [1.29, 1.82) is 0 Å². The molecule has 1 aromatic heterocycles. The first kappa shape index (κ1) is 19.1. The predicted molar refractivity (Wildman–Crippen MR) is 105 cm³/mol. The van der Waals surface area contributed by atoms with Crippen molar-refractivity contribution in [2.24, 2.45) is 11.8 Å². The molecule has 28 heavy (non-hydrogen) atoms. The first-order valence-electron chi connectivity index (χ1n) is 9.73. The molecule has 2 heterocycles. The van der Waals surface area contributed by atoms with Crippen LogP contribution in [0.2, 0.25) is 0 Å². The molecule has 2 aliphatic rings. The Kier molecular flexibility index (Phi) is 5.01.